The van der Waals surface area contributed by atoms with E-state index in [2.05, 4.69) is 56.0 Å². The Morgan fingerprint density at radius 3 is 2.42 bits per heavy atom. The second-order valence-corrected chi connectivity index (χ2v) is 7.84. The number of ether oxygens (including phenoxy) is 2. The van der Waals surface area contributed by atoms with E-state index in [4.69, 9.17) is 9.47 Å². The highest BCUT2D eigenvalue weighted by Gasteiger charge is 2.10. The van der Waals surface area contributed by atoms with Gasteiger partial charge >= 0.3 is 0 Å². The summed E-state index contributed by atoms with van der Waals surface area (Å²) in [5.74, 6) is 1.54. The van der Waals surface area contributed by atoms with Crippen LogP contribution in [0.5, 0.6) is 11.5 Å². The van der Waals surface area contributed by atoms with E-state index >= 15 is 0 Å². The molecule has 0 unspecified atom stereocenters. The quantitative estimate of drug-likeness (QED) is 0.265. The molecule has 0 heterocycles. The normalized spacial score (nSPS) is 11.1. The zero-order valence-corrected chi connectivity index (χ0v) is 20.0. The summed E-state index contributed by atoms with van der Waals surface area (Å²) < 4.78 is 11.5. The number of hydrogen-bond donors (Lipinski definition) is 0. The maximum atomic E-state index is 9.62. The van der Waals surface area contributed by atoms with Crippen LogP contribution >= 0.6 is 0 Å². The van der Waals surface area contributed by atoms with Crippen molar-refractivity contribution in [3.05, 3.63) is 89.0 Å². The minimum Gasteiger partial charge on any atom is -0.493 e. The van der Waals surface area contributed by atoms with Crippen LogP contribution in [0.25, 0.3) is 11.6 Å². The van der Waals surface area contributed by atoms with Crippen LogP contribution in [0.15, 0.2) is 66.7 Å². The number of hydrogen-bond acceptors (Lipinski definition) is 4. The average molecular weight is 441 g/mol. The molecule has 0 N–H and O–H groups in total. The zero-order chi connectivity index (χ0) is 23.6. The highest BCUT2D eigenvalue weighted by Crippen LogP contribution is 2.29. The van der Waals surface area contributed by atoms with Crippen LogP contribution in [0.4, 0.5) is 5.69 Å². The van der Waals surface area contributed by atoms with Crippen molar-refractivity contribution in [2.24, 2.45) is 0 Å². The molecule has 0 atom stereocenters. The van der Waals surface area contributed by atoms with Crippen LogP contribution in [0.2, 0.25) is 0 Å². The number of benzene rings is 3. The molecule has 0 aliphatic rings. The minimum absolute atomic E-state index is 0.558. The summed E-state index contributed by atoms with van der Waals surface area (Å²) in [6.45, 7) is 8.54. The predicted molar refractivity (Wildman–Crippen MR) is 137 cm³/mol. The molecule has 3 aromatic carbocycles. The maximum Gasteiger partial charge on any atom is 0.161 e. The molecule has 0 aromatic heterocycles. The van der Waals surface area contributed by atoms with Crippen molar-refractivity contribution in [3.63, 3.8) is 0 Å². The third kappa shape index (κ3) is 6.17. The first-order valence-corrected chi connectivity index (χ1v) is 11.4. The Balaban J connectivity index is 1.70. The lowest BCUT2D eigenvalue weighted by Gasteiger charge is -2.24. The molecule has 0 saturated carbocycles. The van der Waals surface area contributed by atoms with Crippen molar-refractivity contribution in [3.8, 4) is 17.6 Å². The van der Waals surface area contributed by atoms with Crippen LogP contribution < -0.4 is 14.4 Å². The Morgan fingerprint density at radius 2 is 1.79 bits per heavy atom. The molecule has 4 nitrogen and oxygen atoms in total. The SMILES string of the molecule is CCc1ccc(OCCN(CC)c2ccc(/C=C(\C#N)c3ccccc3)c(C)c2)c(OC)c1. The molecular formula is C29H32N2O2. The maximum absolute atomic E-state index is 9.62. The zero-order valence-electron chi connectivity index (χ0n) is 20.0. The van der Waals surface area contributed by atoms with Gasteiger partial charge < -0.3 is 14.4 Å². The Kier molecular flexibility index (Phi) is 8.55. The Morgan fingerprint density at radius 1 is 1.00 bits per heavy atom. The molecule has 0 bridgehead atoms. The number of likely N-dealkylation sites (N-methyl/N-ethyl adjacent to an activating group) is 1. The lowest BCUT2D eigenvalue weighted by atomic mass is 10.0. The highest BCUT2D eigenvalue weighted by atomic mass is 16.5. The molecule has 0 aliphatic heterocycles. The summed E-state index contributed by atoms with van der Waals surface area (Å²) in [6, 6.07) is 24.6. The van der Waals surface area contributed by atoms with Crippen molar-refractivity contribution >= 4 is 17.3 Å². The monoisotopic (exact) mass is 440 g/mol. The predicted octanol–water partition coefficient (Wildman–Crippen LogP) is 6.54. The molecule has 170 valence electrons. The first-order chi connectivity index (χ1) is 16.1. The fourth-order valence-electron chi connectivity index (χ4n) is 3.76. The molecule has 0 saturated heterocycles. The van der Waals surface area contributed by atoms with E-state index in [1.807, 2.05) is 48.5 Å². The lowest BCUT2D eigenvalue weighted by molar-refractivity contribution is 0.299. The topological polar surface area (TPSA) is 45.5 Å². The Labute approximate surface area is 197 Å². The molecule has 3 aromatic rings. The number of anilines is 1. The summed E-state index contributed by atoms with van der Waals surface area (Å²) in [6.07, 6.45) is 2.92. The minimum atomic E-state index is 0.558. The van der Waals surface area contributed by atoms with E-state index < -0.39 is 0 Å². The third-order valence-corrected chi connectivity index (χ3v) is 5.76. The van der Waals surface area contributed by atoms with E-state index in [-0.39, 0.29) is 0 Å². The first-order valence-electron chi connectivity index (χ1n) is 11.4. The number of methoxy groups -OCH3 is 1. The number of nitriles is 1. The largest absolute Gasteiger partial charge is 0.493 e. The van der Waals surface area contributed by atoms with E-state index in [0.29, 0.717) is 12.2 Å². The van der Waals surface area contributed by atoms with Gasteiger partial charge in [-0.1, -0.05) is 49.4 Å². The van der Waals surface area contributed by atoms with Gasteiger partial charge in [-0.2, -0.15) is 5.26 Å². The van der Waals surface area contributed by atoms with Gasteiger partial charge in [0.1, 0.15) is 6.61 Å². The van der Waals surface area contributed by atoms with E-state index in [1.54, 1.807) is 7.11 Å². The van der Waals surface area contributed by atoms with E-state index in [9.17, 15) is 5.26 Å². The molecule has 0 amide bonds. The van der Waals surface area contributed by atoms with Gasteiger partial charge in [-0.3, -0.25) is 0 Å². The molecule has 4 heteroatoms. The van der Waals surface area contributed by atoms with Crippen LogP contribution in [-0.2, 0) is 6.42 Å². The molecule has 33 heavy (non-hydrogen) atoms. The fourth-order valence-corrected chi connectivity index (χ4v) is 3.76. The van der Waals surface area contributed by atoms with E-state index in [0.717, 1.165) is 53.4 Å². The second-order valence-electron chi connectivity index (χ2n) is 7.84. The van der Waals surface area contributed by atoms with Crippen LogP contribution in [-0.4, -0.2) is 26.8 Å². The van der Waals surface area contributed by atoms with Gasteiger partial charge in [-0.25, -0.2) is 0 Å². The molecule has 0 spiro atoms. The van der Waals surface area contributed by atoms with Gasteiger partial charge in [0.15, 0.2) is 11.5 Å². The van der Waals surface area contributed by atoms with Crippen molar-refractivity contribution < 1.29 is 9.47 Å². The standard InChI is InChI=1S/C29H32N2O2/c1-5-23-12-15-28(29(19-23)32-4)33-17-16-31(6-2)27-14-13-25(22(3)18-27)20-26(21-30)24-10-8-7-9-11-24/h7-15,18-20H,5-6,16-17H2,1-4H3/b26-20+. The first kappa shape index (κ1) is 23.9. The van der Waals surface area contributed by atoms with Crippen molar-refractivity contribution in [1.29, 1.82) is 5.26 Å². The number of nitrogens with zero attached hydrogens (tertiary/aromatic N) is 2. The van der Waals surface area contributed by atoms with Gasteiger partial charge in [0, 0.05) is 12.2 Å². The van der Waals surface area contributed by atoms with Crippen molar-refractivity contribution in [2.45, 2.75) is 27.2 Å². The number of allylic oxidation sites excluding steroid dienone is 1. The summed E-state index contributed by atoms with van der Waals surface area (Å²) in [4.78, 5) is 2.29. The molecule has 0 aliphatic carbocycles. The highest BCUT2D eigenvalue weighted by molar-refractivity contribution is 5.90. The third-order valence-electron chi connectivity index (χ3n) is 5.76. The molecular weight excluding hydrogens is 408 g/mol. The van der Waals surface area contributed by atoms with Gasteiger partial charge in [-0.05, 0) is 72.9 Å². The molecule has 0 radical (unpaired) electrons. The average Bonchev–Trinajstić information content (AvgIpc) is 2.86. The summed E-state index contributed by atoms with van der Waals surface area (Å²) >= 11 is 0. The van der Waals surface area contributed by atoms with E-state index in [1.165, 1.54) is 5.56 Å². The molecule has 3 rings (SSSR count). The summed E-state index contributed by atoms with van der Waals surface area (Å²) in [5, 5.41) is 9.62. The fraction of sp³-hybridized carbons (Fsp3) is 0.276. The summed E-state index contributed by atoms with van der Waals surface area (Å²) in [5.41, 5.74) is 6.14. The number of rotatable bonds is 10. The van der Waals surface area contributed by atoms with Gasteiger partial charge in [0.2, 0.25) is 0 Å². The van der Waals surface area contributed by atoms with Crippen LogP contribution in [0.1, 0.15) is 36.1 Å². The summed E-state index contributed by atoms with van der Waals surface area (Å²) in [7, 11) is 1.67. The van der Waals surface area contributed by atoms with Gasteiger partial charge in [0.25, 0.3) is 0 Å². The molecule has 0 fully saturated rings. The Bertz CT molecular complexity index is 1130. The van der Waals surface area contributed by atoms with Gasteiger partial charge in [-0.15, -0.1) is 0 Å². The van der Waals surface area contributed by atoms with Crippen molar-refractivity contribution in [1.82, 2.24) is 0 Å². The van der Waals surface area contributed by atoms with Gasteiger partial charge in [0.05, 0.1) is 25.3 Å². The Hall–Kier alpha value is -3.71. The van der Waals surface area contributed by atoms with Crippen LogP contribution in [0, 0.1) is 18.3 Å². The number of aryl methyl sites for hydroxylation is 2. The van der Waals surface area contributed by atoms with Crippen molar-refractivity contribution in [2.75, 3.05) is 31.7 Å². The smallest absolute Gasteiger partial charge is 0.161 e. The second kappa shape index (κ2) is 11.8. The lowest BCUT2D eigenvalue weighted by Crippen LogP contribution is -2.28. The van der Waals surface area contributed by atoms with Crippen LogP contribution in [0.3, 0.4) is 0 Å².